The van der Waals surface area contributed by atoms with Crippen LogP contribution in [0, 0.1) is 0 Å². The molecule has 1 fully saturated rings. The van der Waals surface area contributed by atoms with Crippen LogP contribution in [0.25, 0.3) is 0 Å². The minimum Gasteiger partial charge on any atom is -0.478 e. The number of pyridine rings is 1. The lowest BCUT2D eigenvalue weighted by Crippen LogP contribution is -2.39. The second-order valence-corrected chi connectivity index (χ2v) is 8.04. The van der Waals surface area contributed by atoms with Crippen molar-refractivity contribution in [1.29, 1.82) is 0 Å². The van der Waals surface area contributed by atoms with Crippen LogP contribution in [0.4, 0.5) is 26.3 Å². The van der Waals surface area contributed by atoms with Gasteiger partial charge in [-0.25, -0.2) is 4.98 Å². The molecule has 2 unspecified atom stereocenters. The van der Waals surface area contributed by atoms with Crippen molar-refractivity contribution in [2.45, 2.75) is 57.0 Å². The van der Waals surface area contributed by atoms with Gasteiger partial charge in [-0.1, -0.05) is 19.4 Å². The molecule has 1 aromatic heterocycles. The van der Waals surface area contributed by atoms with E-state index in [1.807, 2.05) is 6.92 Å². The van der Waals surface area contributed by atoms with Gasteiger partial charge in [0.2, 0.25) is 5.88 Å². The fourth-order valence-corrected chi connectivity index (χ4v) is 3.94. The molecule has 34 heavy (non-hydrogen) atoms. The van der Waals surface area contributed by atoms with Crippen LogP contribution < -0.4 is 4.74 Å². The Bertz CT molecular complexity index is 977. The number of rotatable bonds is 7. The van der Waals surface area contributed by atoms with Gasteiger partial charge in [0, 0.05) is 6.07 Å². The van der Waals surface area contributed by atoms with E-state index in [0.29, 0.717) is 18.7 Å². The van der Waals surface area contributed by atoms with E-state index >= 15 is 0 Å². The Labute approximate surface area is 192 Å². The molecule has 3 rings (SSSR count). The van der Waals surface area contributed by atoms with Crippen molar-refractivity contribution in [2.75, 3.05) is 13.2 Å². The number of halogens is 6. The molecule has 1 aliphatic rings. The molecule has 1 aromatic carbocycles. The van der Waals surface area contributed by atoms with Crippen molar-refractivity contribution in [3.8, 4) is 5.88 Å². The molecule has 2 aromatic rings. The molecule has 0 aliphatic carbocycles. The van der Waals surface area contributed by atoms with E-state index in [1.165, 1.54) is 12.1 Å². The van der Waals surface area contributed by atoms with Gasteiger partial charge in [-0.15, -0.1) is 0 Å². The highest BCUT2D eigenvalue weighted by atomic mass is 19.4. The molecule has 0 saturated carbocycles. The zero-order chi connectivity index (χ0) is 25.1. The van der Waals surface area contributed by atoms with Crippen LogP contribution in [0.15, 0.2) is 36.4 Å². The summed E-state index contributed by atoms with van der Waals surface area (Å²) in [5.41, 5.74) is -3.30. The first kappa shape index (κ1) is 25.8. The summed E-state index contributed by atoms with van der Waals surface area (Å²) >= 11 is 0. The van der Waals surface area contributed by atoms with Gasteiger partial charge in [-0.05, 0) is 49.1 Å². The van der Waals surface area contributed by atoms with Gasteiger partial charge in [0.15, 0.2) is 0 Å². The maximum atomic E-state index is 13.3. The maximum Gasteiger partial charge on any atom is 0.416 e. The lowest BCUT2D eigenvalue weighted by molar-refractivity contribution is -0.143. The summed E-state index contributed by atoms with van der Waals surface area (Å²) in [5.74, 6) is -0.539. The number of carbonyl (C=O) groups is 1. The Morgan fingerprint density at radius 2 is 1.74 bits per heavy atom. The Morgan fingerprint density at radius 3 is 2.29 bits per heavy atom. The zero-order valence-corrected chi connectivity index (χ0v) is 18.3. The average Bonchev–Trinajstić information content (AvgIpc) is 3.21. The Morgan fingerprint density at radius 1 is 1.09 bits per heavy atom. The van der Waals surface area contributed by atoms with Gasteiger partial charge in [-0.2, -0.15) is 26.3 Å². The topological polar surface area (TPSA) is 62.7 Å². The largest absolute Gasteiger partial charge is 0.478 e. The Balaban J connectivity index is 2.00. The number of carbonyl (C=O) groups excluding carboxylic acids is 1. The normalized spacial score (nSPS) is 18.9. The van der Waals surface area contributed by atoms with Crippen LogP contribution in [0.5, 0.6) is 5.88 Å². The third-order valence-electron chi connectivity index (χ3n) is 5.63. The molecule has 1 N–H and O–H groups in total. The number of likely N-dealkylation sites (tertiary alicyclic amines) is 1. The molecule has 2 atom stereocenters. The molecule has 1 saturated heterocycles. The van der Waals surface area contributed by atoms with Gasteiger partial charge >= 0.3 is 12.4 Å². The van der Waals surface area contributed by atoms with Crippen LogP contribution in [0.2, 0.25) is 0 Å². The molecule has 0 spiro atoms. The number of benzene rings is 1. The van der Waals surface area contributed by atoms with E-state index in [4.69, 9.17) is 4.74 Å². The molecular formula is C23H24F6N2O3. The van der Waals surface area contributed by atoms with E-state index in [-0.39, 0.29) is 36.0 Å². The molecule has 5 nitrogen and oxygen atoms in total. The van der Waals surface area contributed by atoms with Gasteiger partial charge in [-0.3, -0.25) is 4.79 Å². The summed E-state index contributed by atoms with van der Waals surface area (Å²) < 4.78 is 85.6. The number of unbranched alkanes of at least 4 members (excludes halogenated alkanes) is 1. The zero-order valence-electron chi connectivity index (χ0n) is 18.3. The Kier molecular flexibility index (Phi) is 7.74. The average molecular weight is 490 g/mol. The van der Waals surface area contributed by atoms with Crippen molar-refractivity contribution in [3.05, 3.63) is 58.8 Å². The van der Waals surface area contributed by atoms with Gasteiger partial charge in [0.05, 0.1) is 36.4 Å². The number of aliphatic hydroxyl groups is 1. The van der Waals surface area contributed by atoms with Crippen LogP contribution in [-0.4, -0.2) is 40.2 Å². The van der Waals surface area contributed by atoms with E-state index in [0.717, 1.165) is 17.7 Å². The maximum absolute atomic E-state index is 13.3. The molecule has 186 valence electrons. The monoisotopic (exact) mass is 490 g/mol. The number of hydrogen-bond acceptors (Lipinski definition) is 4. The summed E-state index contributed by atoms with van der Waals surface area (Å²) in [4.78, 5) is 18.6. The second kappa shape index (κ2) is 10.2. The predicted molar refractivity (Wildman–Crippen MR) is 110 cm³/mol. The highest BCUT2D eigenvalue weighted by molar-refractivity contribution is 5.93. The quantitative estimate of drug-likeness (QED) is 0.403. The first-order valence-corrected chi connectivity index (χ1v) is 10.8. The van der Waals surface area contributed by atoms with Crippen molar-refractivity contribution in [1.82, 2.24) is 9.88 Å². The second-order valence-electron chi connectivity index (χ2n) is 8.04. The van der Waals surface area contributed by atoms with Crippen LogP contribution >= 0.6 is 0 Å². The molecule has 0 bridgehead atoms. The standard InChI is InChI=1S/C23H24F6N2O3/c1-2-3-9-34-20-6-4-5-18(30-20)21(33)31-17(13-32)7-8-19(31)14-10-15(22(24,25)26)12-16(11-14)23(27,28)29/h4-6,10-12,17,19,32H,2-3,7-9,13H2,1H3. The number of ether oxygens (including phenoxy) is 1. The molecule has 1 amide bonds. The molecule has 11 heteroatoms. The molecule has 1 aliphatic heterocycles. The summed E-state index contributed by atoms with van der Waals surface area (Å²) in [5, 5.41) is 9.76. The first-order chi connectivity index (χ1) is 16.0. The predicted octanol–water partition coefficient (Wildman–Crippen LogP) is 5.64. The number of nitrogens with zero attached hydrogens (tertiary/aromatic N) is 2. The van der Waals surface area contributed by atoms with E-state index in [1.54, 1.807) is 6.07 Å². The third kappa shape index (κ3) is 5.81. The number of amides is 1. The SMILES string of the molecule is CCCCOc1cccc(C(=O)N2C(CO)CCC2c2cc(C(F)(F)F)cc(C(F)(F)F)c2)n1. The Hall–Kier alpha value is -2.82. The number of aromatic nitrogens is 1. The lowest BCUT2D eigenvalue weighted by Gasteiger charge is -2.30. The molecule has 2 heterocycles. The van der Waals surface area contributed by atoms with Crippen molar-refractivity contribution in [2.24, 2.45) is 0 Å². The van der Waals surface area contributed by atoms with Gasteiger partial charge in [0.1, 0.15) is 5.69 Å². The van der Waals surface area contributed by atoms with Crippen LogP contribution in [-0.2, 0) is 12.4 Å². The minimum absolute atomic E-state index is 0.0484. The van der Waals surface area contributed by atoms with Crippen LogP contribution in [0.1, 0.15) is 65.8 Å². The van der Waals surface area contributed by atoms with Crippen molar-refractivity contribution >= 4 is 5.91 Å². The highest BCUT2D eigenvalue weighted by Crippen LogP contribution is 2.42. The molecular weight excluding hydrogens is 466 g/mol. The van der Waals surface area contributed by atoms with Crippen molar-refractivity contribution in [3.63, 3.8) is 0 Å². The minimum atomic E-state index is -5.01. The smallest absolute Gasteiger partial charge is 0.416 e. The number of hydrogen-bond donors (Lipinski definition) is 1. The van der Waals surface area contributed by atoms with E-state index < -0.39 is 48.1 Å². The number of alkyl halides is 6. The first-order valence-electron chi connectivity index (χ1n) is 10.8. The fraction of sp³-hybridized carbons (Fsp3) is 0.478. The molecule has 0 radical (unpaired) electrons. The fourth-order valence-electron chi connectivity index (χ4n) is 3.94. The number of aliphatic hydroxyl groups excluding tert-OH is 1. The van der Waals surface area contributed by atoms with Gasteiger partial charge < -0.3 is 14.7 Å². The lowest BCUT2D eigenvalue weighted by atomic mass is 9.98. The summed E-state index contributed by atoms with van der Waals surface area (Å²) in [6.07, 6.45) is -8.09. The van der Waals surface area contributed by atoms with Gasteiger partial charge in [0.25, 0.3) is 5.91 Å². The summed E-state index contributed by atoms with van der Waals surface area (Å²) in [6.45, 7) is 1.84. The van der Waals surface area contributed by atoms with E-state index in [9.17, 15) is 36.2 Å². The summed E-state index contributed by atoms with van der Waals surface area (Å²) in [6, 6.07) is 3.85. The van der Waals surface area contributed by atoms with E-state index in [2.05, 4.69) is 4.98 Å². The summed E-state index contributed by atoms with van der Waals surface area (Å²) in [7, 11) is 0. The highest BCUT2D eigenvalue weighted by Gasteiger charge is 2.42. The van der Waals surface area contributed by atoms with Crippen molar-refractivity contribution < 1.29 is 41.0 Å². The van der Waals surface area contributed by atoms with Crippen LogP contribution in [0.3, 0.4) is 0 Å². The third-order valence-corrected chi connectivity index (χ3v) is 5.63.